The van der Waals surface area contributed by atoms with Crippen molar-refractivity contribution >= 4 is 11.8 Å². The molecule has 0 unspecified atom stereocenters. The lowest BCUT2D eigenvalue weighted by atomic mass is 10.2. The van der Waals surface area contributed by atoms with Crippen LogP contribution in [0.4, 0.5) is 5.82 Å². The minimum Gasteiger partial charge on any atom is -0.461 e. The Labute approximate surface area is 126 Å². The molecule has 21 heavy (non-hydrogen) atoms. The molecule has 0 atom stereocenters. The largest absolute Gasteiger partial charge is 0.461 e. The molecule has 2 rings (SSSR count). The van der Waals surface area contributed by atoms with Gasteiger partial charge in [0.15, 0.2) is 0 Å². The predicted octanol–water partition coefficient (Wildman–Crippen LogP) is 2.54. The van der Waals surface area contributed by atoms with Crippen LogP contribution in [0.25, 0.3) is 0 Å². The molecule has 2 heterocycles. The molecule has 0 spiro atoms. The molecule has 5 nitrogen and oxygen atoms in total. The number of rotatable bonds is 7. The number of pyridine rings is 1. The number of hydrogen-bond acceptors (Lipinski definition) is 5. The van der Waals surface area contributed by atoms with Crippen LogP contribution >= 0.6 is 0 Å². The second-order valence-electron chi connectivity index (χ2n) is 5.24. The van der Waals surface area contributed by atoms with Gasteiger partial charge in [-0.3, -0.25) is 4.79 Å². The van der Waals surface area contributed by atoms with E-state index in [2.05, 4.69) is 16.8 Å². The summed E-state index contributed by atoms with van der Waals surface area (Å²) in [4.78, 5) is 18.2. The van der Waals surface area contributed by atoms with Crippen LogP contribution in [-0.2, 0) is 20.9 Å². The molecule has 5 heteroatoms. The smallest absolute Gasteiger partial charge is 0.306 e. The van der Waals surface area contributed by atoms with E-state index < -0.39 is 0 Å². The molecule has 1 aromatic rings. The van der Waals surface area contributed by atoms with Gasteiger partial charge in [0.2, 0.25) is 0 Å². The van der Waals surface area contributed by atoms with Crippen molar-refractivity contribution in [3.05, 3.63) is 23.9 Å². The van der Waals surface area contributed by atoms with Crippen molar-refractivity contribution in [3.8, 4) is 0 Å². The Bertz CT molecular complexity index is 428. The number of hydrogen-bond donors (Lipinski definition) is 0. The molecule has 1 saturated heterocycles. The summed E-state index contributed by atoms with van der Waals surface area (Å²) in [6.45, 7) is 5.67. The Morgan fingerprint density at radius 3 is 2.81 bits per heavy atom. The number of aromatic nitrogens is 1. The van der Waals surface area contributed by atoms with Crippen LogP contribution in [0, 0.1) is 0 Å². The van der Waals surface area contributed by atoms with E-state index in [4.69, 9.17) is 9.47 Å². The van der Waals surface area contributed by atoms with E-state index in [0.717, 1.165) is 56.9 Å². The monoisotopic (exact) mass is 292 g/mol. The topological polar surface area (TPSA) is 51.7 Å². The Morgan fingerprint density at radius 2 is 2.14 bits per heavy atom. The lowest BCUT2D eigenvalue weighted by Gasteiger charge is -2.27. The van der Waals surface area contributed by atoms with Crippen molar-refractivity contribution < 1.29 is 14.3 Å². The summed E-state index contributed by atoms with van der Waals surface area (Å²) in [5.41, 5.74) is 0.927. The first kappa shape index (κ1) is 15.8. The third kappa shape index (κ3) is 5.34. The summed E-state index contributed by atoms with van der Waals surface area (Å²) in [5.74, 6) is 0.831. The maximum atomic E-state index is 11.5. The van der Waals surface area contributed by atoms with Crippen LogP contribution < -0.4 is 4.90 Å². The molecule has 0 N–H and O–H groups in total. The highest BCUT2D eigenvalue weighted by atomic mass is 16.5. The number of unbranched alkanes of at least 4 members (excludes halogenated alkanes) is 2. The zero-order chi connectivity index (χ0) is 14.9. The van der Waals surface area contributed by atoms with Gasteiger partial charge in [0.25, 0.3) is 0 Å². The Kier molecular flexibility index (Phi) is 6.47. The zero-order valence-electron chi connectivity index (χ0n) is 12.7. The van der Waals surface area contributed by atoms with Crippen LogP contribution in [0.1, 0.15) is 38.2 Å². The van der Waals surface area contributed by atoms with Gasteiger partial charge in [-0.1, -0.05) is 25.8 Å². The molecule has 1 aliphatic rings. The van der Waals surface area contributed by atoms with Gasteiger partial charge in [-0.15, -0.1) is 0 Å². The van der Waals surface area contributed by atoms with E-state index in [9.17, 15) is 4.79 Å². The lowest BCUT2D eigenvalue weighted by Crippen LogP contribution is -2.36. The van der Waals surface area contributed by atoms with E-state index in [1.54, 1.807) is 6.20 Å². The van der Waals surface area contributed by atoms with Crippen LogP contribution in [0.5, 0.6) is 0 Å². The Balaban J connectivity index is 1.75. The number of morpholine rings is 1. The van der Waals surface area contributed by atoms with E-state index >= 15 is 0 Å². The van der Waals surface area contributed by atoms with Crippen molar-refractivity contribution in [1.29, 1.82) is 0 Å². The number of nitrogens with zero attached hydrogens (tertiary/aromatic N) is 2. The standard InChI is InChI=1S/C16H24N2O3/c1-2-3-4-5-16(19)21-13-14-6-7-15(17-12-14)18-8-10-20-11-9-18/h6-7,12H,2-5,8-11,13H2,1H3. The van der Waals surface area contributed by atoms with Crippen LogP contribution in [0.2, 0.25) is 0 Å². The van der Waals surface area contributed by atoms with E-state index in [1.165, 1.54) is 0 Å². The molecule has 0 radical (unpaired) electrons. The molecule has 0 bridgehead atoms. The van der Waals surface area contributed by atoms with Gasteiger partial charge in [-0.25, -0.2) is 4.98 Å². The molecular formula is C16H24N2O3. The van der Waals surface area contributed by atoms with Crippen molar-refractivity contribution in [2.24, 2.45) is 0 Å². The Hall–Kier alpha value is -1.62. The summed E-state index contributed by atoms with van der Waals surface area (Å²) >= 11 is 0. The third-order valence-electron chi connectivity index (χ3n) is 3.53. The van der Waals surface area contributed by atoms with Gasteiger partial charge in [0.1, 0.15) is 12.4 Å². The van der Waals surface area contributed by atoms with E-state index in [0.29, 0.717) is 13.0 Å². The summed E-state index contributed by atoms with van der Waals surface area (Å²) in [6, 6.07) is 3.95. The molecule has 0 saturated carbocycles. The highest BCUT2D eigenvalue weighted by Gasteiger charge is 2.12. The summed E-state index contributed by atoms with van der Waals surface area (Å²) in [5, 5.41) is 0. The van der Waals surface area contributed by atoms with Gasteiger partial charge in [-0.05, 0) is 12.5 Å². The van der Waals surface area contributed by atoms with E-state index in [1.807, 2.05) is 12.1 Å². The molecule has 0 amide bonds. The molecule has 1 aromatic heterocycles. The predicted molar refractivity (Wildman–Crippen MR) is 81.2 cm³/mol. The first-order valence-electron chi connectivity index (χ1n) is 7.73. The number of ether oxygens (including phenoxy) is 2. The van der Waals surface area contributed by atoms with Gasteiger partial charge in [-0.2, -0.15) is 0 Å². The average molecular weight is 292 g/mol. The lowest BCUT2D eigenvalue weighted by molar-refractivity contribution is -0.145. The minimum absolute atomic E-state index is 0.124. The SMILES string of the molecule is CCCCCC(=O)OCc1ccc(N2CCOCC2)nc1. The minimum atomic E-state index is -0.124. The summed E-state index contributed by atoms with van der Waals surface area (Å²) < 4.78 is 10.6. The summed E-state index contributed by atoms with van der Waals surface area (Å²) in [7, 11) is 0. The second-order valence-corrected chi connectivity index (χ2v) is 5.24. The van der Waals surface area contributed by atoms with Crippen LogP contribution in [-0.4, -0.2) is 37.3 Å². The van der Waals surface area contributed by atoms with Crippen molar-refractivity contribution in [1.82, 2.24) is 4.98 Å². The molecule has 1 aliphatic heterocycles. The van der Waals surface area contributed by atoms with Gasteiger partial charge in [0, 0.05) is 31.3 Å². The summed E-state index contributed by atoms with van der Waals surface area (Å²) in [6.07, 6.45) is 5.38. The van der Waals surface area contributed by atoms with Crippen molar-refractivity contribution in [2.75, 3.05) is 31.2 Å². The quantitative estimate of drug-likeness (QED) is 0.571. The molecule has 0 aliphatic carbocycles. The highest BCUT2D eigenvalue weighted by Crippen LogP contribution is 2.13. The molecule has 0 aromatic carbocycles. The number of anilines is 1. The fourth-order valence-corrected chi connectivity index (χ4v) is 2.24. The number of carbonyl (C=O) groups excluding carboxylic acids is 1. The van der Waals surface area contributed by atoms with Crippen LogP contribution in [0.3, 0.4) is 0 Å². The molecule has 1 fully saturated rings. The number of esters is 1. The third-order valence-corrected chi connectivity index (χ3v) is 3.53. The Morgan fingerprint density at radius 1 is 1.33 bits per heavy atom. The fourth-order valence-electron chi connectivity index (χ4n) is 2.24. The zero-order valence-corrected chi connectivity index (χ0v) is 12.7. The number of carbonyl (C=O) groups is 1. The normalized spacial score (nSPS) is 15.0. The van der Waals surface area contributed by atoms with E-state index in [-0.39, 0.29) is 5.97 Å². The fraction of sp³-hybridized carbons (Fsp3) is 0.625. The molecular weight excluding hydrogens is 268 g/mol. The van der Waals surface area contributed by atoms with Gasteiger partial charge < -0.3 is 14.4 Å². The van der Waals surface area contributed by atoms with Crippen LogP contribution in [0.15, 0.2) is 18.3 Å². The van der Waals surface area contributed by atoms with Gasteiger partial charge in [0.05, 0.1) is 13.2 Å². The van der Waals surface area contributed by atoms with Crippen molar-refractivity contribution in [2.45, 2.75) is 39.2 Å². The van der Waals surface area contributed by atoms with Crippen molar-refractivity contribution in [3.63, 3.8) is 0 Å². The molecule has 116 valence electrons. The second kappa shape index (κ2) is 8.62. The average Bonchev–Trinajstić information content (AvgIpc) is 2.54. The maximum absolute atomic E-state index is 11.5. The first-order chi connectivity index (χ1) is 10.3. The first-order valence-corrected chi connectivity index (χ1v) is 7.73. The highest BCUT2D eigenvalue weighted by molar-refractivity contribution is 5.69. The van der Waals surface area contributed by atoms with Gasteiger partial charge >= 0.3 is 5.97 Å². The maximum Gasteiger partial charge on any atom is 0.306 e.